The van der Waals surface area contributed by atoms with Gasteiger partial charge in [0.05, 0.1) is 18.0 Å². The lowest BCUT2D eigenvalue weighted by atomic mass is 9.69. The maximum Gasteiger partial charge on any atom is 0.244 e. The molecule has 1 heterocycles. The summed E-state index contributed by atoms with van der Waals surface area (Å²) >= 11 is 0. The normalized spacial score (nSPS) is 17.0. The largest absolute Gasteiger partial charge is 0.322 e. The number of halogens is 1. The van der Waals surface area contributed by atoms with Crippen LogP contribution in [0.25, 0.3) is 0 Å². The van der Waals surface area contributed by atoms with Crippen molar-refractivity contribution in [3.63, 3.8) is 0 Å². The highest BCUT2D eigenvalue weighted by molar-refractivity contribution is 5.97. The molecule has 1 aliphatic rings. The van der Waals surface area contributed by atoms with Crippen LogP contribution in [0.3, 0.4) is 0 Å². The smallest absolute Gasteiger partial charge is 0.244 e. The second-order valence-corrected chi connectivity index (χ2v) is 3.86. The predicted octanol–water partition coefficient (Wildman–Crippen LogP) is 1.85. The van der Waals surface area contributed by atoms with E-state index in [4.69, 9.17) is 5.26 Å². The molecule has 82 valence electrons. The molecule has 1 aromatic rings. The van der Waals surface area contributed by atoms with Crippen LogP contribution in [0, 0.1) is 22.6 Å². The van der Waals surface area contributed by atoms with Crippen molar-refractivity contribution in [1.82, 2.24) is 4.98 Å². The number of amides is 1. The molecular weight excluding hydrogens is 209 g/mol. The number of rotatable bonds is 2. The lowest BCUT2D eigenvalue weighted by Crippen LogP contribution is -2.40. The Morgan fingerprint density at radius 1 is 1.62 bits per heavy atom. The van der Waals surface area contributed by atoms with Crippen molar-refractivity contribution < 1.29 is 9.18 Å². The third kappa shape index (κ3) is 1.63. The van der Waals surface area contributed by atoms with Gasteiger partial charge in [0.25, 0.3) is 0 Å². The molecule has 0 aliphatic heterocycles. The summed E-state index contributed by atoms with van der Waals surface area (Å²) in [6.07, 6.45) is 4.36. The molecule has 5 heteroatoms. The van der Waals surface area contributed by atoms with Gasteiger partial charge in [-0.1, -0.05) is 0 Å². The zero-order valence-electron chi connectivity index (χ0n) is 8.53. The number of hydrogen-bond acceptors (Lipinski definition) is 3. The maximum atomic E-state index is 13.2. The Balaban J connectivity index is 2.14. The lowest BCUT2D eigenvalue weighted by Gasteiger charge is -2.33. The molecule has 2 rings (SSSR count). The minimum absolute atomic E-state index is 0.0709. The quantitative estimate of drug-likeness (QED) is 0.825. The van der Waals surface area contributed by atoms with Gasteiger partial charge < -0.3 is 5.32 Å². The van der Waals surface area contributed by atoms with Crippen molar-refractivity contribution in [2.75, 3.05) is 5.32 Å². The summed E-state index contributed by atoms with van der Waals surface area (Å²) in [5.41, 5.74) is -0.892. The molecule has 1 amide bonds. The van der Waals surface area contributed by atoms with E-state index in [1.54, 1.807) is 0 Å². The van der Waals surface area contributed by atoms with Crippen LogP contribution in [0.15, 0.2) is 18.5 Å². The zero-order chi connectivity index (χ0) is 11.6. The third-order valence-electron chi connectivity index (χ3n) is 2.88. The Morgan fingerprint density at radius 2 is 2.38 bits per heavy atom. The molecule has 1 aliphatic carbocycles. The van der Waals surface area contributed by atoms with E-state index in [0.29, 0.717) is 12.8 Å². The first-order valence-electron chi connectivity index (χ1n) is 5.00. The topological polar surface area (TPSA) is 65.8 Å². The van der Waals surface area contributed by atoms with E-state index in [2.05, 4.69) is 10.3 Å². The first-order chi connectivity index (χ1) is 7.68. The number of hydrogen-bond donors (Lipinski definition) is 1. The summed E-state index contributed by atoms with van der Waals surface area (Å²) in [4.78, 5) is 15.4. The first-order valence-corrected chi connectivity index (χ1v) is 5.00. The monoisotopic (exact) mass is 219 g/mol. The van der Waals surface area contributed by atoms with E-state index in [1.165, 1.54) is 12.3 Å². The van der Waals surface area contributed by atoms with Gasteiger partial charge in [0.1, 0.15) is 5.41 Å². The van der Waals surface area contributed by atoms with E-state index in [-0.39, 0.29) is 5.69 Å². The molecule has 1 saturated carbocycles. The molecular formula is C11H10FN3O. The van der Waals surface area contributed by atoms with Gasteiger partial charge in [0.15, 0.2) is 5.82 Å². The number of nitrogens with one attached hydrogen (secondary N) is 1. The van der Waals surface area contributed by atoms with E-state index >= 15 is 0 Å². The fourth-order valence-electron chi connectivity index (χ4n) is 1.64. The van der Waals surface area contributed by atoms with Crippen LogP contribution in [0.2, 0.25) is 0 Å². The molecule has 1 aromatic heterocycles. The second kappa shape index (κ2) is 3.89. The first kappa shape index (κ1) is 10.6. The van der Waals surface area contributed by atoms with E-state index in [9.17, 15) is 9.18 Å². The highest BCUT2D eigenvalue weighted by Crippen LogP contribution is 2.41. The van der Waals surface area contributed by atoms with Crippen molar-refractivity contribution in [3.05, 3.63) is 24.3 Å². The van der Waals surface area contributed by atoms with E-state index < -0.39 is 17.1 Å². The van der Waals surface area contributed by atoms with Crippen molar-refractivity contribution in [3.8, 4) is 6.07 Å². The van der Waals surface area contributed by atoms with Crippen molar-refractivity contribution in [2.24, 2.45) is 5.41 Å². The summed E-state index contributed by atoms with van der Waals surface area (Å²) in [7, 11) is 0. The van der Waals surface area contributed by atoms with Crippen molar-refractivity contribution in [2.45, 2.75) is 19.3 Å². The number of anilines is 1. The summed E-state index contributed by atoms with van der Waals surface area (Å²) in [5.74, 6) is -1.02. The summed E-state index contributed by atoms with van der Waals surface area (Å²) in [6, 6.07) is 3.38. The number of pyridine rings is 1. The third-order valence-corrected chi connectivity index (χ3v) is 2.88. The van der Waals surface area contributed by atoms with Crippen LogP contribution in [0.5, 0.6) is 0 Å². The fourth-order valence-corrected chi connectivity index (χ4v) is 1.64. The molecule has 0 saturated heterocycles. The Kier molecular flexibility index (Phi) is 2.57. The highest BCUT2D eigenvalue weighted by Gasteiger charge is 2.44. The minimum Gasteiger partial charge on any atom is -0.322 e. The molecule has 0 unspecified atom stereocenters. The van der Waals surface area contributed by atoms with E-state index in [0.717, 1.165) is 12.6 Å². The molecule has 1 N–H and O–H groups in total. The van der Waals surface area contributed by atoms with Crippen LogP contribution >= 0.6 is 0 Å². The molecule has 1 fully saturated rings. The maximum absolute atomic E-state index is 13.2. The highest BCUT2D eigenvalue weighted by atomic mass is 19.1. The molecule has 0 aromatic carbocycles. The average molecular weight is 219 g/mol. The Morgan fingerprint density at radius 3 is 2.88 bits per heavy atom. The molecule has 0 radical (unpaired) electrons. The molecule has 0 spiro atoms. The molecule has 4 nitrogen and oxygen atoms in total. The number of aromatic nitrogens is 1. The second-order valence-electron chi connectivity index (χ2n) is 3.86. The average Bonchev–Trinajstić information content (AvgIpc) is 2.21. The van der Waals surface area contributed by atoms with Crippen molar-refractivity contribution >= 4 is 11.6 Å². The van der Waals surface area contributed by atoms with Gasteiger partial charge >= 0.3 is 0 Å². The van der Waals surface area contributed by atoms with Crippen LogP contribution in [0.1, 0.15) is 19.3 Å². The number of carbonyl (C=O) groups is 1. The van der Waals surface area contributed by atoms with Crippen LogP contribution in [-0.2, 0) is 4.79 Å². The van der Waals surface area contributed by atoms with Crippen molar-refractivity contribution in [1.29, 1.82) is 5.26 Å². The summed E-state index contributed by atoms with van der Waals surface area (Å²) < 4.78 is 13.2. The summed E-state index contributed by atoms with van der Waals surface area (Å²) in [5, 5.41) is 11.4. The number of nitriles is 1. The Hall–Kier alpha value is -1.96. The van der Waals surface area contributed by atoms with Gasteiger partial charge in [-0.05, 0) is 25.3 Å². The Labute approximate surface area is 92.1 Å². The molecule has 0 atom stereocenters. The SMILES string of the molecule is N#CC1(C(=O)Nc2ccncc2F)CCC1. The minimum atomic E-state index is -0.963. The lowest BCUT2D eigenvalue weighted by molar-refractivity contribution is -0.126. The van der Waals surface area contributed by atoms with Gasteiger partial charge in [-0.3, -0.25) is 9.78 Å². The predicted molar refractivity (Wildman–Crippen MR) is 54.7 cm³/mol. The molecule has 0 bridgehead atoms. The van der Waals surface area contributed by atoms with Gasteiger partial charge in [0.2, 0.25) is 5.91 Å². The zero-order valence-corrected chi connectivity index (χ0v) is 8.53. The Bertz CT molecular complexity index is 463. The number of nitrogens with zero attached hydrogens (tertiary/aromatic N) is 2. The van der Waals surface area contributed by atoms with Crippen LogP contribution in [0.4, 0.5) is 10.1 Å². The van der Waals surface area contributed by atoms with Gasteiger partial charge in [0, 0.05) is 6.20 Å². The molecule has 16 heavy (non-hydrogen) atoms. The van der Waals surface area contributed by atoms with Crippen LogP contribution in [-0.4, -0.2) is 10.9 Å². The number of carbonyl (C=O) groups excluding carboxylic acids is 1. The van der Waals surface area contributed by atoms with Gasteiger partial charge in [-0.15, -0.1) is 0 Å². The fraction of sp³-hybridized carbons (Fsp3) is 0.364. The van der Waals surface area contributed by atoms with Gasteiger partial charge in [-0.2, -0.15) is 5.26 Å². The standard InChI is InChI=1S/C11H10FN3O/c12-8-6-14-5-2-9(8)15-10(16)11(7-13)3-1-4-11/h2,5-6H,1,3-4H2,(H,14,15,16). The van der Waals surface area contributed by atoms with Crippen LogP contribution < -0.4 is 5.32 Å². The van der Waals surface area contributed by atoms with Gasteiger partial charge in [-0.25, -0.2) is 4.39 Å². The summed E-state index contributed by atoms with van der Waals surface area (Å²) in [6.45, 7) is 0. The van der Waals surface area contributed by atoms with E-state index in [1.807, 2.05) is 6.07 Å².